The zero-order valence-corrected chi connectivity index (χ0v) is 7.97. The van der Waals surface area contributed by atoms with Crippen LogP contribution in [0, 0.1) is 0 Å². The Bertz CT molecular complexity index is 240. The van der Waals surface area contributed by atoms with Gasteiger partial charge in [0.15, 0.2) is 0 Å². The summed E-state index contributed by atoms with van der Waals surface area (Å²) in [6.07, 6.45) is 3.24. The summed E-state index contributed by atoms with van der Waals surface area (Å²) in [6.45, 7) is 2.23. The maximum absolute atomic E-state index is 4.37. The Morgan fingerprint density at radius 1 is 1.67 bits per heavy atom. The fourth-order valence-corrected chi connectivity index (χ4v) is 1.56. The van der Waals surface area contributed by atoms with Crippen LogP contribution in [0.4, 0.5) is 0 Å². The Morgan fingerprint density at radius 2 is 2.50 bits per heavy atom. The molecule has 0 spiro atoms. The standard InChI is InChI=1S/C8H13N3.ClH/c1-11-5-3-8(10-11)7-2-4-9-6-7;/h3,5,7,9H,2,4,6H2,1H3;1H. The van der Waals surface area contributed by atoms with Crippen molar-refractivity contribution in [2.24, 2.45) is 7.05 Å². The third-order valence-electron chi connectivity index (χ3n) is 2.21. The van der Waals surface area contributed by atoms with E-state index in [0.29, 0.717) is 5.92 Å². The van der Waals surface area contributed by atoms with E-state index in [1.165, 1.54) is 12.1 Å². The molecule has 1 aliphatic heterocycles. The number of nitrogens with zero attached hydrogens (tertiary/aromatic N) is 2. The number of hydrogen-bond acceptors (Lipinski definition) is 2. The minimum atomic E-state index is 0. The van der Waals surface area contributed by atoms with Gasteiger partial charge in [0, 0.05) is 25.7 Å². The predicted molar refractivity (Wildman–Crippen MR) is 50.7 cm³/mol. The fraction of sp³-hybridized carbons (Fsp3) is 0.625. The fourth-order valence-electron chi connectivity index (χ4n) is 1.56. The molecule has 3 nitrogen and oxygen atoms in total. The van der Waals surface area contributed by atoms with Crippen molar-refractivity contribution < 1.29 is 0 Å². The zero-order chi connectivity index (χ0) is 7.68. The second-order valence-corrected chi connectivity index (χ2v) is 3.10. The number of nitrogens with one attached hydrogen (secondary N) is 1. The highest BCUT2D eigenvalue weighted by Crippen LogP contribution is 2.19. The predicted octanol–water partition coefficient (Wildman–Crippen LogP) is 0.919. The lowest BCUT2D eigenvalue weighted by Gasteiger charge is -2.01. The van der Waals surface area contributed by atoms with Crippen LogP contribution < -0.4 is 5.32 Å². The van der Waals surface area contributed by atoms with Gasteiger partial charge in [-0.1, -0.05) is 0 Å². The molecule has 0 aromatic carbocycles. The van der Waals surface area contributed by atoms with Gasteiger partial charge in [-0.05, 0) is 19.0 Å². The molecule has 1 aliphatic rings. The van der Waals surface area contributed by atoms with Gasteiger partial charge in [0.05, 0.1) is 5.69 Å². The van der Waals surface area contributed by atoms with E-state index >= 15 is 0 Å². The van der Waals surface area contributed by atoms with Crippen LogP contribution in [0.2, 0.25) is 0 Å². The van der Waals surface area contributed by atoms with E-state index in [2.05, 4.69) is 16.5 Å². The van der Waals surface area contributed by atoms with Gasteiger partial charge in [-0.15, -0.1) is 12.4 Å². The first-order chi connectivity index (χ1) is 5.36. The van der Waals surface area contributed by atoms with Gasteiger partial charge in [-0.25, -0.2) is 0 Å². The molecule has 0 aliphatic carbocycles. The second kappa shape index (κ2) is 3.92. The molecule has 1 unspecified atom stereocenters. The first-order valence-electron chi connectivity index (χ1n) is 4.06. The molecule has 1 atom stereocenters. The molecule has 1 saturated heterocycles. The van der Waals surface area contributed by atoms with Crippen molar-refractivity contribution in [3.05, 3.63) is 18.0 Å². The average molecular weight is 188 g/mol. The smallest absolute Gasteiger partial charge is 0.0668 e. The summed E-state index contributed by atoms with van der Waals surface area (Å²) in [4.78, 5) is 0. The molecule has 68 valence electrons. The van der Waals surface area contributed by atoms with E-state index in [9.17, 15) is 0 Å². The molecule has 0 amide bonds. The van der Waals surface area contributed by atoms with Crippen molar-refractivity contribution in [1.29, 1.82) is 0 Å². The monoisotopic (exact) mass is 187 g/mol. The molecule has 4 heteroatoms. The Labute approximate surface area is 78.6 Å². The normalized spacial score (nSPS) is 22.2. The molecule has 0 saturated carbocycles. The van der Waals surface area contributed by atoms with E-state index in [4.69, 9.17) is 0 Å². The van der Waals surface area contributed by atoms with Crippen LogP contribution in [0.15, 0.2) is 12.3 Å². The molecule has 12 heavy (non-hydrogen) atoms. The van der Waals surface area contributed by atoms with Crippen molar-refractivity contribution in [3.8, 4) is 0 Å². The quantitative estimate of drug-likeness (QED) is 0.709. The molecule has 1 aromatic rings. The maximum atomic E-state index is 4.37. The topological polar surface area (TPSA) is 29.9 Å². The summed E-state index contributed by atoms with van der Waals surface area (Å²) < 4.78 is 1.87. The van der Waals surface area contributed by atoms with Crippen molar-refractivity contribution in [1.82, 2.24) is 15.1 Å². The molecular weight excluding hydrogens is 174 g/mol. The van der Waals surface area contributed by atoms with Crippen LogP contribution in [0.1, 0.15) is 18.0 Å². The third kappa shape index (κ3) is 1.79. The largest absolute Gasteiger partial charge is 0.316 e. The van der Waals surface area contributed by atoms with Gasteiger partial charge in [-0.3, -0.25) is 4.68 Å². The lowest BCUT2D eigenvalue weighted by Crippen LogP contribution is -2.08. The van der Waals surface area contributed by atoms with Gasteiger partial charge < -0.3 is 5.32 Å². The number of halogens is 1. The number of aryl methyl sites for hydroxylation is 1. The molecule has 1 fully saturated rings. The molecule has 0 radical (unpaired) electrons. The molecule has 1 aromatic heterocycles. The minimum absolute atomic E-state index is 0. The SMILES string of the molecule is Cl.Cn1ccc(C2CCNC2)n1. The number of rotatable bonds is 1. The lowest BCUT2D eigenvalue weighted by atomic mass is 10.1. The van der Waals surface area contributed by atoms with Crippen molar-refractivity contribution >= 4 is 12.4 Å². The second-order valence-electron chi connectivity index (χ2n) is 3.10. The minimum Gasteiger partial charge on any atom is -0.316 e. The van der Waals surface area contributed by atoms with Crippen LogP contribution in [0.25, 0.3) is 0 Å². The van der Waals surface area contributed by atoms with Gasteiger partial charge >= 0.3 is 0 Å². The first-order valence-corrected chi connectivity index (χ1v) is 4.06. The molecular formula is C8H14ClN3. The Hall–Kier alpha value is -0.540. The van der Waals surface area contributed by atoms with Gasteiger partial charge in [-0.2, -0.15) is 5.10 Å². The average Bonchev–Trinajstić information content (AvgIpc) is 2.55. The highest BCUT2D eigenvalue weighted by Gasteiger charge is 2.17. The van der Waals surface area contributed by atoms with Crippen molar-refractivity contribution in [3.63, 3.8) is 0 Å². The Kier molecular flexibility index (Phi) is 3.12. The molecule has 1 N–H and O–H groups in total. The zero-order valence-electron chi connectivity index (χ0n) is 7.16. The molecule has 2 rings (SSSR count). The summed E-state index contributed by atoms with van der Waals surface area (Å²) in [7, 11) is 1.96. The maximum Gasteiger partial charge on any atom is 0.0668 e. The Morgan fingerprint density at radius 3 is 3.00 bits per heavy atom. The molecule has 2 heterocycles. The summed E-state index contributed by atoms with van der Waals surface area (Å²) in [5.41, 5.74) is 1.23. The summed E-state index contributed by atoms with van der Waals surface area (Å²) in [5, 5.41) is 7.70. The number of hydrogen-bond donors (Lipinski definition) is 1. The van der Waals surface area contributed by atoms with Gasteiger partial charge in [0.1, 0.15) is 0 Å². The van der Waals surface area contributed by atoms with E-state index < -0.39 is 0 Å². The highest BCUT2D eigenvalue weighted by molar-refractivity contribution is 5.85. The van der Waals surface area contributed by atoms with Crippen LogP contribution in [0.3, 0.4) is 0 Å². The van der Waals surface area contributed by atoms with E-state index in [1.807, 2.05) is 17.9 Å². The van der Waals surface area contributed by atoms with Gasteiger partial charge in [0.25, 0.3) is 0 Å². The van der Waals surface area contributed by atoms with Crippen LogP contribution >= 0.6 is 12.4 Å². The van der Waals surface area contributed by atoms with Gasteiger partial charge in [0.2, 0.25) is 0 Å². The number of aromatic nitrogens is 2. The van der Waals surface area contributed by atoms with Crippen LogP contribution in [0.5, 0.6) is 0 Å². The highest BCUT2D eigenvalue weighted by atomic mass is 35.5. The van der Waals surface area contributed by atoms with Crippen LogP contribution in [-0.2, 0) is 7.05 Å². The lowest BCUT2D eigenvalue weighted by molar-refractivity contribution is 0.680. The van der Waals surface area contributed by atoms with Crippen molar-refractivity contribution in [2.45, 2.75) is 12.3 Å². The van der Waals surface area contributed by atoms with Crippen molar-refractivity contribution in [2.75, 3.05) is 13.1 Å². The van der Waals surface area contributed by atoms with E-state index in [1.54, 1.807) is 0 Å². The van der Waals surface area contributed by atoms with E-state index in [-0.39, 0.29) is 12.4 Å². The molecule has 0 bridgehead atoms. The first kappa shape index (κ1) is 9.55. The van der Waals surface area contributed by atoms with Crippen LogP contribution in [-0.4, -0.2) is 22.9 Å². The summed E-state index contributed by atoms with van der Waals surface area (Å²) in [6, 6.07) is 2.11. The summed E-state index contributed by atoms with van der Waals surface area (Å²) >= 11 is 0. The van der Waals surface area contributed by atoms with E-state index in [0.717, 1.165) is 13.1 Å². The Balaban J connectivity index is 0.000000720. The third-order valence-corrected chi connectivity index (χ3v) is 2.21. The summed E-state index contributed by atoms with van der Waals surface area (Å²) in [5.74, 6) is 0.649.